The van der Waals surface area contributed by atoms with E-state index in [1.165, 1.54) is 0 Å². The maximum atomic E-state index is 12.6. The molecule has 0 saturated carbocycles. The number of oxazole rings is 1. The van der Waals surface area contributed by atoms with Crippen molar-refractivity contribution >= 4 is 5.91 Å². The number of carbonyl (C=O) groups is 1. The number of aryl methyl sites for hydroxylation is 1. The molecule has 0 radical (unpaired) electrons. The topological polar surface area (TPSA) is 80.1 Å². The van der Waals surface area contributed by atoms with Crippen LogP contribution in [-0.2, 0) is 11.3 Å². The van der Waals surface area contributed by atoms with E-state index in [9.17, 15) is 4.79 Å². The normalized spacial score (nSPS) is 14.9. The Morgan fingerprint density at radius 1 is 1.11 bits per heavy atom. The Balaban J connectivity index is 1.46. The first-order valence-electron chi connectivity index (χ1n) is 12.9. The van der Waals surface area contributed by atoms with Crippen molar-refractivity contribution in [3.63, 3.8) is 0 Å². The molecular weight excluding hydrogens is 444 g/mol. The summed E-state index contributed by atoms with van der Waals surface area (Å²) < 4.78 is 16.7. The molecule has 3 rings (SSSR count). The van der Waals surface area contributed by atoms with Gasteiger partial charge in [0.15, 0.2) is 0 Å². The second kappa shape index (κ2) is 13.5. The molecule has 1 N–H and O–H groups in total. The minimum atomic E-state index is 0.104. The minimum Gasteiger partial charge on any atom is -0.497 e. The molecule has 0 spiro atoms. The average molecular weight is 487 g/mol. The molecule has 1 aliphatic heterocycles. The number of hydrogen-bond acceptors (Lipinski definition) is 7. The van der Waals surface area contributed by atoms with Gasteiger partial charge in [-0.25, -0.2) is 4.98 Å². The van der Waals surface area contributed by atoms with Crippen LogP contribution < -0.4 is 14.8 Å². The van der Waals surface area contributed by atoms with Gasteiger partial charge in [-0.1, -0.05) is 13.8 Å². The molecule has 1 amide bonds. The summed E-state index contributed by atoms with van der Waals surface area (Å²) in [7, 11) is 3.25. The average Bonchev–Trinajstić information content (AvgIpc) is 3.26. The lowest BCUT2D eigenvalue weighted by molar-refractivity contribution is -0.126. The van der Waals surface area contributed by atoms with Crippen LogP contribution in [-0.4, -0.2) is 74.2 Å². The standard InChI is InChI=1S/C27H42N4O4/c1-6-30(7-2)13-9-8-12-28-26(32)21-10-14-31(15-11-21)19-25-20(3)35-27(29-25)22-16-23(33-4)18-24(17-22)34-5/h16-18,21H,6-15,19H2,1-5H3,(H,28,32). The van der Waals surface area contributed by atoms with Crippen LogP contribution in [0.1, 0.15) is 51.0 Å². The zero-order valence-corrected chi connectivity index (χ0v) is 22.1. The quantitative estimate of drug-likeness (QED) is 0.427. The highest BCUT2D eigenvalue weighted by atomic mass is 16.5. The van der Waals surface area contributed by atoms with Crippen LogP contribution in [0, 0.1) is 12.8 Å². The summed E-state index contributed by atoms with van der Waals surface area (Å²) in [5, 5.41) is 3.15. The highest BCUT2D eigenvalue weighted by Gasteiger charge is 2.26. The lowest BCUT2D eigenvalue weighted by atomic mass is 9.95. The van der Waals surface area contributed by atoms with Gasteiger partial charge in [-0.15, -0.1) is 0 Å². The highest BCUT2D eigenvalue weighted by molar-refractivity contribution is 5.78. The van der Waals surface area contributed by atoms with Crippen molar-refractivity contribution in [1.82, 2.24) is 20.1 Å². The second-order valence-electron chi connectivity index (χ2n) is 9.20. The van der Waals surface area contributed by atoms with Crippen LogP contribution in [0.5, 0.6) is 11.5 Å². The van der Waals surface area contributed by atoms with E-state index in [0.717, 1.165) is 88.5 Å². The number of carbonyl (C=O) groups excluding carboxylic acids is 1. The maximum Gasteiger partial charge on any atom is 0.226 e. The zero-order chi connectivity index (χ0) is 25.2. The molecule has 2 aromatic rings. The number of piperidine rings is 1. The Kier molecular flexibility index (Phi) is 10.4. The van der Waals surface area contributed by atoms with Gasteiger partial charge in [-0.3, -0.25) is 9.69 Å². The third-order valence-corrected chi connectivity index (χ3v) is 6.92. The second-order valence-corrected chi connectivity index (χ2v) is 9.20. The number of rotatable bonds is 13. The molecule has 0 atom stereocenters. The number of nitrogens with one attached hydrogen (secondary N) is 1. The largest absolute Gasteiger partial charge is 0.497 e. The molecule has 1 aliphatic rings. The molecule has 194 valence electrons. The molecule has 0 aliphatic carbocycles. The Bertz CT molecular complexity index is 911. The first kappa shape index (κ1) is 27.0. The first-order chi connectivity index (χ1) is 17.0. The van der Waals surface area contributed by atoms with Crippen molar-refractivity contribution in [2.45, 2.75) is 53.0 Å². The van der Waals surface area contributed by atoms with Crippen molar-refractivity contribution in [2.24, 2.45) is 5.92 Å². The molecule has 1 aromatic carbocycles. The molecule has 8 heteroatoms. The Morgan fingerprint density at radius 3 is 2.37 bits per heavy atom. The Morgan fingerprint density at radius 2 is 1.77 bits per heavy atom. The molecular formula is C27H42N4O4. The van der Waals surface area contributed by atoms with E-state index in [2.05, 4.69) is 29.0 Å². The van der Waals surface area contributed by atoms with Gasteiger partial charge in [0, 0.05) is 30.6 Å². The summed E-state index contributed by atoms with van der Waals surface area (Å²) in [6, 6.07) is 5.61. The summed E-state index contributed by atoms with van der Waals surface area (Å²) in [5.41, 5.74) is 1.75. The summed E-state index contributed by atoms with van der Waals surface area (Å²) in [4.78, 5) is 22.1. The summed E-state index contributed by atoms with van der Waals surface area (Å²) in [6.07, 6.45) is 3.92. The molecule has 8 nitrogen and oxygen atoms in total. The van der Waals surface area contributed by atoms with E-state index in [0.29, 0.717) is 17.4 Å². The number of aromatic nitrogens is 1. The van der Waals surface area contributed by atoms with Gasteiger partial charge in [0.2, 0.25) is 11.8 Å². The monoisotopic (exact) mass is 486 g/mol. The molecule has 0 bridgehead atoms. The molecule has 1 saturated heterocycles. The van der Waals surface area contributed by atoms with Gasteiger partial charge in [0.25, 0.3) is 0 Å². The van der Waals surface area contributed by atoms with E-state index < -0.39 is 0 Å². The number of nitrogens with zero attached hydrogens (tertiary/aromatic N) is 3. The minimum absolute atomic E-state index is 0.104. The Hall–Kier alpha value is -2.58. The van der Waals surface area contributed by atoms with Gasteiger partial charge in [-0.2, -0.15) is 0 Å². The van der Waals surface area contributed by atoms with Crippen molar-refractivity contribution in [3.05, 3.63) is 29.7 Å². The van der Waals surface area contributed by atoms with Crippen LogP contribution in [0.2, 0.25) is 0 Å². The van der Waals surface area contributed by atoms with Crippen molar-refractivity contribution in [3.8, 4) is 23.0 Å². The third-order valence-electron chi connectivity index (χ3n) is 6.92. The molecule has 35 heavy (non-hydrogen) atoms. The van der Waals surface area contributed by atoms with Crippen LogP contribution in [0.15, 0.2) is 22.6 Å². The molecule has 0 unspecified atom stereocenters. The van der Waals surface area contributed by atoms with E-state index >= 15 is 0 Å². The van der Waals surface area contributed by atoms with Crippen molar-refractivity contribution in [1.29, 1.82) is 0 Å². The first-order valence-corrected chi connectivity index (χ1v) is 12.9. The summed E-state index contributed by atoms with van der Waals surface area (Å²) in [6.45, 7) is 12.9. The summed E-state index contributed by atoms with van der Waals surface area (Å²) >= 11 is 0. The Labute approximate surface area is 210 Å². The van der Waals surface area contributed by atoms with Gasteiger partial charge in [0.05, 0.1) is 19.9 Å². The van der Waals surface area contributed by atoms with Crippen LogP contribution in [0.4, 0.5) is 0 Å². The predicted octanol–water partition coefficient (Wildman–Crippen LogP) is 4.12. The smallest absolute Gasteiger partial charge is 0.226 e. The number of ether oxygens (including phenoxy) is 2. The third kappa shape index (κ3) is 7.70. The zero-order valence-electron chi connectivity index (χ0n) is 22.1. The molecule has 2 heterocycles. The van der Waals surface area contributed by atoms with Gasteiger partial charge in [0.1, 0.15) is 17.3 Å². The van der Waals surface area contributed by atoms with E-state index in [1.807, 2.05) is 25.1 Å². The van der Waals surface area contributed by atoms with Gasteiger partial charge in [-0.05, 0) is 77.5 Å². The fraction of sp³-hybridized carbons (Fsp3) is 0.630. The molecule has 1 fully saturated rings. The number of benzene rings is 1. The van der Waals surface area contributed by atoms with Gasteiger partial charge >= 0.3 is 0 Å². The fourth-order valence-electron chi connectivity index (χ4n) is 4.55. The highest BCUT2D eigenvalue weighted by Crippen LogP contribution is 2.31. The lowest BCUT2D eigenvalue weighted by Gasteiger charge is -2.30. The summed E-state index contributed by atoms with van der Waals surface area (Å²) in [5.74, 6) is 3.07. The van der Waals surface area contributed by atoms with Crippen molar-refractivity contribution < 1.29 is 18.7 Å². The van der Waals surface area contributed by atoms with E-state index in [1.54, 1.807) is 14.2 Å². The van der Waals surface area contributed by atoms with Crippen LogP contribution in [0.25, 0.3) is 11.5 Å². The van der Waals surface area contributed by atoms with E-state index in [4.69, 9.17) is 18.9 Å². The maximum absolute atomic E-state index is 12.6. The predicted molar refractivity (Wildman–Crippen MR) is 138 cm³/mol. The van der Waals surface area contributed by atoms with Crippen LogP contribution >= 0.6 is 0 Å². The number of unbranched alkanes of at least 4 members (excludes halogenated alkanes) is 1. The number of methoxy groups -OCH3 is 2. The van der Waals surface area contributed by atoms with Gasteiger partial charge < -0.3 is 24.1 Å². The lowest BCUT2D eigenvalue weighted by Crippen LogP contribution is -2.40. The fourth-order valence-corrected chi connectivity index (χ4v) is 4.55. The SMILES string of the molecule is CCN(CC)CCCCNC(=O)C1CCN(Cc2nc(-c3cc(OC)cc(OC)c3)oc2C)CC1. The van der Waals surface area contributed by atoms with E-state index in [-0.39, 0.29) is 11.8 Å². The molecule has 1 aromatic heterocycles. The number of amides is 1. The van der Waals surface area contributed by atoms with Crippen LogP contribution in [0.3, 0.4) is 0 Å². The number of hydrogen-bond donors (Lipinski definition) is 1. The number of likely N-dealkylation sites (tertiary alicyclic amines) is 1. The van der Waals surface area contributed by atoms with Crippen molar-refractivity contribution in [2.75, 3.05) is 53.5 Å².